The van der Waals surface area contributed by atoms with Crippen LogP contribution in [0.2, 0.25) is 0 Å². The fourth-order valence-corrected chi connectivity index (χ4v) is 3.06. The normalized spacial score (nSPS) is 33.6. The summed E-state index contributed by atoms with van der Waals surface area (Å²) in [6, 6.07) is 0. The van der Waals surface area contributed by atoms with Crippen LogP contribution < -0.4 is 0 Å². The second kappa shape index (κ2) is 3.86. The summed E-state index contributed by atoms with van der Waals surface area (Å²) in [6.45, 7) is 0.677. The predicted octanol–water partition coefficient (Wildman–Crippen LogP) is 0.127. The summed E-state index contributed by atoms with van der Waals surface area (Å²) in [5.74, 6) is -1.34. The summed E-state index contributed by atoms with van der Waals surface area (Å²) in [4.78, 5) is 23.9. The highest BCUT2D eigenvalue weighted by Gasteiger charge is 2.49. The molecule has 3 aliphatic heterocycles. The van der Waals surface area contributed by atoms with Crippen molar-refractivity contribution in [3.8, 4) is 0 Å². The van der Waals surface area contributed by atoms with Crippen LogP contribution in [0.5, 0.6) is 0 Å². The van der Waals surface area contributed by atoms with E-state index in [1.807, 2.05) is 0 Å². The van der Waals surface area contributed by atoms with Crippen LogP contribution in [0.15, 0.2) is 22.8 Å². The van der Waals surface area contributed by atoms with Gasteiger partial charge in [0, 0.05) is 11.0 Å². The van der Waals surface area contributed by atoms with Crippen molar-refractivity contribution in [1.29, 1.82) is 0 Å². The third-order valence-electron chi connectivity index (χ3n) is 2.77. The largest absolute Gasteiger partial charge is 0.477 e. The molecule has 6 nitrogen and oxygen atoms in total. The van der Waals surface area contributed by atoms with Crippen LogP contribution in [0.3, 0.4) is 0 Å². The highest BCUT2D eigenvalue weighted by atomic mass is 32.2. The fraction of sp³-hybridized carbons (Fsp3) is 0.400. The van der Waals surface area contributed by atoms with Gasteiger partial charge in [0.15, 0.2) is 0 Å². The highest BCUT2D eigenvalue weighted by Crippen LogP contribution is 2.44. The van der Waals surface area contributed by atoms with Crippen molar-refractivity contribution >= 4 is 23.6 Å². The Labute approximate surface area is 101 Å². The number of amides is 1. The lowest BCUT2D eigenvalue weighted by atomic mass is 10.0. The van der Waals surface area contributed by atoms with E-state index in [2.05, 4.69) is 0 Å². The van der Waals surface area contributed by atoms with Crippen molar-refractivity contribution in [3.63, 3.8) is 0 Å². The van der Waals surface area contributed by atoms with E-state index in [1.54, 1.807) is 6.08 Å². The smallest absolute Gasteiger partial charge is 0.353 e. The van der Waals surface area contributed by atoms with Crippen LogP contribution >= 0.6 is 11.8 Å². The zero-order valence-electron chi connectivity index (χ0n) is 8.66. The first-order valence-corrected chi connectivity index (χ1v) is 5.96. The van der Waals surface area contributed by atoms with Gasteiger partial charge in [0.1, 0.15) is 24.0 Å². The number of rotatable bonds is 2. The number of carbonyl (C=O) groups is 2. The van der Waals surface area contributed by atoms with Crippen molar-refractivity contribution in [2.75, 3.05) is 13.4 Å². The Morgan fingerprint density at radius 2 is 2.47 bits per heavy atom. The van der Waals surface area contributed by atoms with Crippen LogP contribution in [0.25, 0.3) is 0 Å². The molecular weight excluding hydrogens is 246 g/mol. The molecule has 90 valence electrons. The molecule has 3 rings (SSSR count). The molecule has 7 heteroatoms. The van der Waals surface area contributed by atoms with E-state index in [4.69, 9.17) is 14.6 Å². The molecule has 0 bridgehead atoms. The summed E-state index contributed by atoms with van der Waals surface area (Å²) < 4.78 is 10.2. The minimum Gasteiger partial charge on any atom is -0.477 e. The Hall–Kier alpha value is -1.31. The molecule has 1 unspecified atom stereocenters. The molecule has 0 aliphatic carbocycles. The lowest BCUT2D eigenvalue weighted by Crippen LogP contribution is -2.51. The minimum absolute atomic E-state index is 0.0470. The van der Waals surface area contributed by atoms with Crippen molar-refractivity contribution in [1.82, 2.24) is 4.90 Å². The molecule has 2 saturated heterocycles. The molecule has 1 N–H and O–H groups in total. The summed E-state index contributed by atoms with van der Waals surface area (Å²) in [6.07, 6.45) is 1.52. The van der Waals surface area contributed by atoms with E-state index in [0.717, 1.165) is 0 Å². The molecule has 3 heterocycles. The monoisotopic (exact) mass is 255 g/mol. The lowest BCUT2D eigenvalue weighted by Gasteiger charge is -2.37. The zero-order chi connectivity index (χ0) is 12.0. The molecule has 2 fully saturated rings. The van der Waals surface area contributed by atoms with Crippen LogP contribution in [0.4, 0.5) is 0 Å². The van der Waals surface area contributed by atoms with E-state index >= 15 is 0 Å². The standard InChI is InChI=1S/C10H9NO5S/c12-8-6(1-5-2-15-4-16-5)9-11(8)7(3-17-9)10(13)14/h1,3,5,9H,2,4H2,(H,13,14)/t5?,9-/m1/s1. The summed E-state index contributed by atoms with van der Waals surface area (Å²) in [7, 11) is 0. The van der Waals surface area contributed by atoms with Crippen LogP contribution in [-0.2, 0) is 19.1 Å². The Kier molecular flexibility index (Phi) is 2.46. The number of carboxylic acid groups (broad SMARTS) is 1. The number of carbonyl (C=O) groups excluding carboxylic acids is 1. The molecule has 2 atom stereocenters. The number of nitrogens with zero attached hydrogens (tertiary/aromatic N) is 1. The van der Waals surface area contributed by atoms with E-state index < -0.39 is 5.97 Å². The first-order chi connectivity index (χ1) is 8.18. The van der Waals surface area contributed by atoms with Gasteiger partial charge in [-0.2, -0.15) is 0 Å². The number of ether oxygens (including phenoxy) is 2. The van der Waals surface area contributed by atoms with Crippen LogP contribution in [0, 0.1) is 0 Å². The highest BCUT2D eigenvalue weighted by molar-refractivity contribution is 8.03. The molecule has 0 spiro atoms. The van der Waals surface area contributed by atoms with Crippen LogP contribution in [-0.4, -0.2) is 46.8 Å². The third kappa shape index (κ3) is 1.58. The van der Waals surface area contributed by atoms with Crippen molar-refractivity contribution < 1.29 is 24.2 Å². The Bertz CT molecular complexity index is 452. The first kappa shape index (κ1) is 10.8. The maximum Gasteiger partial charge on any atom is 0.353 e. The van der Waals surface area contributed by atoms with E-state index in [9.17, 15) is 9.59 Å². The van der Waals surface area contributed by atoms with Gasteiger partial charge in [0.2, 0.25) is 0 Å². The van der Waals surface area contributed by atoms with E-state index in [0.29, 0.717) is 12.2 Å². The van der Waals surface area contributed by atoms with Gasteiger partial charge in [0.25, 0.3) is 5.91 Å². The Morgan fingerprint density at radius 1 is 1.65 bits per heavy atom. The minimum atomic E-state index is -1.08. The van der Waals surface area contributed by atoms with E-state index in [1.165, 1.54) is 22.1 Å². The molecule has 17 heavy (non-hydrogen) atoms. The lowest BCUT2D eigenvalue weighted by molar-refractivity contribution is -0.141. The fourth-order valence-electron chi connectivity index (χ4n) is 1.93. The topological polar surface area (TPSA) is 76.1 Å². The number of thioether (sulfide) groups is 1. The molecule has 0 saturated carbocycles. The van der Waals surface area contributed by atoms with Crippen molar-refractivity contribution in [2.24, 2.45) is 0 Å². The quantitative estimate of drug-likeness (QED) is 0.558. The summed E-state index contributed by atoms with van der Waals surface area (Å²) in [5, 5.41) is 10.2. The molecule has 0 aromatic heterocycles. The molecule has 0 aromatic carbocycles. The summed E-state index contributed by atoms with van der Waals surface area (Å²) in [5.41, 5.74) is 0.642. The number of hydrogen-bond acceptors (Lipinski definition) is 5. The second-order valence-electron chi connectivity index (χ2n) is 3.79. The first-order valence-electron chi connectivity index (χ1n) is 5.02. The summed E-state index contributed by atoms with van der Waals surface area (Å²) >= 11 is 1.32. The SMILES string of the molecule is O=C(O)C1=CS[C@@H]2C(=CC3COCO3)C(=O)N12. The predicted molar refractivity (Wildman–Crippen MR) is 57.7 cm³/mol. The third-order valence-corrected chi connectivity index (χ3v) is 3.85. The molecular formula is C10H9NO5S. The van der Waals surface area contributed by atoms with Crippen molar-refractivity contribution in [3.05, 3.63) is 22.8 Å². The van der Waals surface area contributed by atoms with Gasteiger partial charge in [-0.05, 0) is 6.08 Å². The number of carboxylic acids is 1. The Balaban J connectivity index is 1.77. The van der Waals surface area contributed by atoms with Gasteiger partial charge in [-0.15, -0.1) is 11.8 Å². The van der Waals surface area contributed by atoms with E-state index in [-0.39, 0.29) is 29.9 Å². The maximum atomic E-state index is 11.8. The maximum absolute atomic E-state index is 11.8. The number of β-lactam (4-membered cyclic amide) rings is 1. The number of aliphatic carboxylic acids is 1. The number of fused-ring (bicyclic) bond motifs is 1. The van der Waals surface area contributed by atoms with Gasteiger partial charge >= 0.3 is 5.97 Å². The van der Waals surface area contributed by atoms with Gasteiger partial charge in [-0.25, -0.2) is 4.79 Å². The second-order valence-corrected chi connectivity index (χ2v) is 4.74. The average Bonchev–Trinajstić information content (AvgIpc) is 2.93. The van der Waals surface area contributed by atoms with Crippen LogP contribution in [0.1, 0.15) is 0 Å². The Morgan fingerprint density at radius 3 is 3.12 bits per heavy atom. The average molecular weight is 255 g/mol. The molecule has 0 radical (unpaired) electrons. The van der Waals surface area contributed by atoms with Crippen molar-refractivity contribution in [2.45, 2.75) is 11.5 Å². The molecule has 0 aromatic rings. The zero-order valence-corrected chi connectivity index (χ0v) is 9.48. The molecule has 1 amide bonds. The van der Waals surface area contributed by atoms with Gasteiger partial charge in [-0.1, -0.05) is 0 Å². The number of hydrogen-bond donors (Lipinski definition) is 1. The molecule has 3 aliphatic rings. The van der Waals surface area contributed by atoms with Gasteiger partial charge < -0.3 is 14.6 Å². The van der Waals surface area contributed by atoms with Gasteiger partial charge in [-0.3, -0.25) is 9.69 Å². The van der Waals surface area contributed by atoms with Gasteiger partial charge in [0.05, 0.1) is 6.61 Å².